The molecule has 1 amide bonds. The van der Waals surface area contributed by atoms with E-state index in [1.807, 2.05) is 4.90 Å². The lowest BCUT2D eigenvalue weighted by Crippen LogP contribution is -2.48. The summed E-state index contributed by atoms with van der Waals surface area (Å²) >= 11 is 1.70. The molecule has 0 unspecified atom stereocenters. The maximum Gasteiger partial charge on any atom is 0.270 e. The van der Waals surface area contributed by atoms with E-state index in [1.54, 1.807) is 39.5 Å². The smallest absolute Gasteiger partial charge is 0.270 e. The van der Waals surface area contributed by atoms with Gasteiger partial charge in [-0.1, -0.05) is 13.3 Å². The fourth-order valence-electron chi connectivity index (χ4n) is 4.23. The predicted molar refractivity (Wildman–Crippen MR) is 121 cm³/mol. The quantitative estimate of drug-likeness (QED) is 0.653. The van der Waals surface area contributed by atoms with Crippen LogP contribution in [0.1, 0.15) is 47.4 Å². The number of carbonyl (C=O) groups is 1. The van der Waals surface area contributed by atoms with Gasteiger partial charge in [0.05, 0.1) is 10.7 Å². The van der Waals surface area contributed by atoms with Crippen LogP contribution >= 0.6 is 11.3 Å². The molecule has 2 saturated heterocycles. The molecule has 2 aliphatic heterocycles. The second-order valence-corrected chi connectivity index (χ2v) is 11.2. The number of hydrogen-bond acceptors (Lipinski definition) is 6. The fraction of sp³-hybridized carbons (Fsp3) is 0.619. The number of piperazine rings is 1. The third-order valence-electron chi connectivity index (χ3n) is 6.10. The van der Waals surface area contributed by atoms with Gasteiger partial charge in [0.15, 0.2) is 0 Å². The highest BCUT2D eigenvalue weighted by atomic mass is 32.2. The molecule has 4 rings (SSSR count). The van der Waals surface area contributed by atoms with Gasteiger partial charge in [0.2, 0.25) is 10.0 Å². The topological polar surface area (TPSA) is 78.8 Å². The van der Waals surface area contributed by atoms with Gasteiger partial charge in [-0.2, -0.15) is 4.31 Å². The van der Waals surface area contributed by atoms with Crippen LogP contribution in [0.2, 0.25) is 0 Å². The monoisotopic (exact) mass is 465 g/mol. The Bertz CT molecular complexity index is 1020. The molecular weight excluding hydrogens is 434 g/mol. The lowest BCUT2D eigenvalue weighted by molar-refractivity contribution is 0.0618. The summed E-state index contributed by atoms with van der Waals surface area (Å²) in [6, 6.07) is 1.54. The normalized spacial score (nSPS) is 19.1. The Morgan fingerprint density at radius 1 is 1.10 bits per heavy atom. The van der Waals surface area contributed by atoms with E-state index in [0.29, 0.717) is 31.9 Å². The minimum Gasteiger partial charge on any atom is -0.345 e. The molecule has 0 N–H and O–H groups in total. The summed E-state index contributed by atoms with van der Waals surface area (Å²) in [4.78, 5) is 22.1. The van der Waals surface area contributed by atoms with Crippen LogP contribution in [0.3, 0.4) is 0 Å². The molecule has 10 heteroatoms. The van der Waals surface area contributed by atoms with Crippen molar-refractivity contribution in [2.45, 2.75) is 44.0 Å². The predicted octanol–water partition coefficient (Wildman–Crippen LogP) is 2.18. The average Bonchev–Trinajstić information content (AvgIpc) is 3.41. The number of carbonyl (C=O) groups excluding carboxylic acids is 1. The van der Waals surface area contributed by atoms with Crippen LogP contribution in [-0.2, 0) is 30.0 Å². The molecule has 2 fully saturated rings. The summed E-state index contributed by atoms with van der Waals surface area (Å²) in [6.07, 6.45) is 5.38. The molecule has 0 aromatic carbocycles. The van der Waals surface area contributed by atoms with Crippen molar-refractivity contribution in [3.8, 4) is 0 Å². The van der Waals surface area contributed by atoms with Gasteiger partial charge in [-0.05, 0) is 25.3 Å². The fourth-order valence-corrected chi connectivity index (χ4v) is 6.55. The highest BCUT2D eigenvalue weighted by molar-refractivity contribution is 7.89. The highest BCUT2D eigenvalue weighted by Gasteiger charge is 2.30. The van der Waals surface area contributed by atoms with Gasteiger partial charge in [0.1, 0.15) is 10.6 Å². The van der Waals surface area contributed by atoms with Gasteiger partial charge in [0.25, 0.3) is 5.91 Å². The largest absolute Gasteiger partial charge is 0.345 e. The zero-order chi connectivity index (χ0) is 22.0. The van der Waals surface area contributed by atoms with Crippen LogP contribution in [0, 0.1) is 0 Å². The van der Waals surface area contributed by atoms with E-state index in [-0.39, 0.29) is 10.8 Å². The lowest BCUT2D eigenvalue weighted by atomic mass is 10.2. The van der Waals surface area contributed by atoms with E-state index in [0.717, 1.165) is 56.0 Å². The van der Waals surface area contributed by atoms with Crippen molar-refractivity contribution in [2.24, 2.45) is 7.05 Å². The number of rotatable bonds is 6. The van der Waals surface area contributed by atoms with Crippen molar-refractivity contribution in [3.63, 3.8) is 0 Å². The lowest BCUT2D eigenvalue weighted by Gasteiger charge is -2.34. The average molecular weight is 466 g/mol. The summed E-state index contributed by atoms with van der Waals surface area (Å²) in [7, 11) is -1.80. The first-order valence-electron chi connectivity index (χ1n) is 11.0. The molecule has 31 heavy (non-hydrogen) atoms. The van der Waals surface area contributed by atoms with Gasteiger partial charge in [0, 0.05) is 64.4 Å². The molecule has 0 radical (unpaired) electrons. The molecular formula is C21H31N5O3S2. The van der Waals surface area contributed by atoms with Crippen molar-refractivity contribution in [1.29, 1.82) is 0 Å². The van der Waals surface area contributed by atoms with Crippen LogP contribution in [0.4, 0.5) is 0 Å². The Hall–Kier alpha value is -1.75. The number of thiazole rings is 1. The zero-order valence-electron chi connectivity index (χ0n) is 18.3. The summed E-state index contributed by atoms with van der Waals surface area (Å²) < 4.78 is 29.1. The van der Waals surface area contributed by atoms with Crippen LogP contribution in [0.15, 0.2) is 22.5 Å². The van der Waals surface area contributed by atoms with Crippen molar-refractivity contribution in [3.05, 3.63) is 34.0 Å². The van der Waals surface area contributed by atoms with Gasteiger partial charge < -0.3 is 9.47 Å². The Balaban J connectivity index is 1.39. The second-order valence-electron chi connectivity index (χ2n) is 8.29. The summed E-state index contributed by atoms with van der Waals surface area (Å²) in [5, 5.41) is 3.27. The molecule has 2 aromatic heterocycles. The summed E-state index contributed by atoms with van der Waals surface area (Å²) in [5.74, 6) is -0.107. The minimum atomic E-state index is -3.54. The number of sulfonamides is 1. The molecule has 8 nitrogen and oxygen atoms in total. The van der Waals surface area contributed by atoms with Crippen LogP contribution in [0.5, 0.6) is 0 Å². The minimum absolute atomic E-state index is 0.107. The number of aromatic nitrogens is 2. The SMILES string of the molecule is CCc1nc(CN2CCN(C(=O)c3cc(S(=O)(=O)N4CCCCC4)cn3C)CC2)cs1. The number of amides is 1. The molecule has 0 atom stereocenters. The number of aryl methyl sites for hydroxylation is 2. The van der Waals surface area contributed by atoms with Gasteiger partial charge in [-0.25, -0.2) is 13.4 Å². The maximum absolute atomic E-state index is 13.1. The molecule has 170 valence electrons. The van der Waals surface area contributed by atoms with Crippen molar-refractivity contribution in [1.82, 2.24) is 23.7 Å². The van der Waals surface area contributed by atoms with E-state index in [1.165, 1.54) is 0 Å². The molecule has 0 bridgehead atoms. The Morgan fingerprint density at radius 3 is 2.45 bits per heavy atom. The molecule has 2 aliphatic rings. The van der Waals surface area contributed by atoms with Crippen molar-refractivity contribution >= 4 is 27.3 Å². The van der Waals surface area contributed by atoms with E-state index in [2.05, 4.69) is 22.2 Å². The van der Waals surface area contributed by atoms with Gasteiger partial charge >= 0.3 is 0 Å². The Morgan fingerprint density at radius 2 is 1.81 bits per heavy atom. The van der Waals surface area contributed by atoms with E-state index < -0.39 is 10.0 Å². The third kappa shape index (κ3) is 4.87. The first-order valence-corrected chi connectivity index (χ1v) is 13.3. The molecule has 2 aromatic rings. The number of hydrogen-bond donors (Lipinski definition) is 0. The summed E-state index contributed by atoms with van der Waals surface area (Å²) in [6.45, 7) is 6.86. The van der Waals surface area contributed by atoms with E-state index in [4.69, 9.17) is 0 Å². The zero-order valence-corrected chi connectivity index (χ0v) is 19.9. The number of piperidine rings is 1. The first kappa shape index (κ1) is 22.4. The Labute approximate surface area is 188 Å². The molecule has 0 spiro atoms. The van der Waals surface area contributed by atoms with E-state index in [9.17, 15) is 13.2 Å². The third-order valence-corrected chi connectivity index (χ3v) is 9.00. The Kier molecular flexibility index (Phi) is 6.80. The molecule has 0 saturated carbocycles. The van der Waals surface area contributed by atoms with E-state index >= 15 is 0 Å². The van der Waals surface area contributed by atoms with Crippen LogP contribution < -0.4 is 0 Å². The van der Waals surface area contributed by atoms with Crippen LogP contribution in [-0.4, -0.2) is 77.2 Å². The van der Waals surface area contributed by atoms with Gasteiger partial charge in [-0.15, -0.1) is 11.3 Å². The highest BCUT2D eigenvalue weighted by Crippen LogP contribution is 2.23. The van der Waals surface area contributed by atoms with Crippen LogP contribution in [0.25, 0.3) is 0 Å². The first-order chi connectivity index (χ1) is 14.9. The standard InChI is InChI=1S/C21H31N5O3S2/c1-3-20-22-17(16-30-20)14-24-9-11-25(12-10-24)21(27)19-13-18(15-23(19)2)31(28,29)26-7-5-4-6-8-26/h13,15-16H,3-12,14H2,1-2H3. The maximum atomic E-state index is 13.1. The van der Waals surface area contributed by atoms with Crippen molar-refractivity contribution in [2.75, 3.05) is 39.3 Å². The van der Waals surface area contributed by atoms with Gasteiger partial charge in [-0.3, -0.25) is 9.69 Å². The summed E-state index contributed by atoms with van der Waals surface area (Å²) in [5.41, 5.74) is 1.52. The number of nitrogens with zero attached hydrogens (tertiary/aromatic N) is 5. The second kappa shape index (κ2) is 9.40. The molecule has 0 aliphatic carbocycles. The van der Waals surface area contributed by atoms with Crippen molar-refractivity contribution < 1.29 is 13.2 Å². The molecule has 4 heterocycles.